The molecule has 0 spiro atoms. The topological polar surface area (TPSA) is 62.5 Å². The Balaban J connectivity index is 2.00. The van der Waals surface area contributed by atoms with Gasteiger partial charge in [0, 0.05) is 6.42 Å². The number of nitrogens with one attached hydrogen (secondary N) is 1. The predicted molar refractivity (Wildman–Crippen MR) is 73.1 cm³/mol. The molecule has 1 aliphatic heterocycles. The minimum atomic E-state index is -0.712. The normalized spacial score (nSPS) is 20.9. The molecular formula is C15H23NO3. The molecule has 1 aromatic heterocycles. The average molecular weight is 265 g/mol. The lowest BCUT2D eigenvalue weighted by Crippen LogP contribution is -2.27. The van der Waals surface area contributed by atoms with Crippen molar-refractivity contribution < 1.29 is 14.3 Å². The molecule has 2 rings (SSSR count). The van der Waals surface area contributed by atoms with Crippen molar-refractivity contribution >= 4 is 5.97 Å². The maximum absolute atomic E-state index is 11.4. The molecule has 1 fully saturated rings. The van der Waals surface area contributed by atoms with E-state index in [2.05, 4.69) is 19.2 Å². The molecule has 0 aliphatic carbocycles. The Hall–Kier alpha value is -1.29. The SMILES string of the molecule is CC(C)Cc1coc(C[C@H](C(=O)O)[C@@H]2CCNC2)c1. The van der Waals surface area contributed by atoms with Crippen molar-refractivity contribution in [2.45, 2.75) is 33.1 Å². The number of hydrogen-bond acceptors (Lipinski definition) is 3. The third-order valence-electron chi connectivity index (χ3n) is 3.76. The first-order chi connectivity index (χ1) is 9.06. The fraction of sp³-hybridized carbons (Fsp3) is 0.667. The maximum atomic E-state index is 11.4. The van der Waals surface area contributed by atoms with Crippen LogP contribution in [0.4, 0.5) is 0 Å². The highest BCUT2D eigenvalue weighted by molar-refractivity contribution is 5.70. The van der Waals surface area contributed by atoms with Gasteiger partial charge in [0.15, 0.2) is 0 Å². The molecule has 4 heteroatoms. The van der Waals surface area contributed by atoms with Crippen LogP contribution in [0.1, 0.15) is 31.6 Å². The molecule has 2 heterocycles. The van der Waals surface area contributed by atoms with Gasteiger partial charge in [0.25, 0.3) is 0 Å². The minimum absolute atomic E-state index is 0.219. The second-order valence-electron chi connectivity index (χ2n) is 5.92. The molecule has 1 aliphatic rings. The summed E-state index contributed by atoms with van der Waals surface area (Å²) in [5, 5.41) is 12.6. The molecule has 0 unspecified atom stereocenters. The highest BCUT2D eigenvalue weighted by Crippen LogP contribution is 2.25. The fourth-order valence-corrected chi connectivity index (χ4v) is 2.80. The lowest BCUT2D eigenvalue weighted by molar-refractivity contribution is -0.143. The van der Waals surface area contributed by atoms with Gasteiger partial charge >= 0.3 is 5.97 Å². The Labute approximate surface area is 114 Å². The molecule has 0 radical (unpaired) electrons. The van der Waals surface area contributed by atoms with Crippen LogP contribution < -0.4 is 5.32 Å². The number of carbonyl (C=O) groups is 1. The van der Waals surface area contributed by atoms with Crippen LogP contribution >= 0.6 is 0 Å². The van der Waals surface area contributed by atoms with Crippen LogP contribution in [0, 0.1) is 17.8 Å². The summed E-state index contributed by atoms with van der Waals surface area (Å²) in [6.45, 7) is 6.05. The van der Waals surface area contributed by atoms with E-state index in [1.807, 2.05) is 6.07 Å². The molecule has 0 amide bonds. The summed E-state index contributed by atoms with van der Waals surface area (Å²) >= 11 is 0. The van der Waals surface area contributed by atoms with Crippen LogP contribution in [0.15, 0.2) is 16.7 Å². The highest BCUT2D eigenvalue weighted by Gasteiger charge is 2.31. The maximum Gasteiger partial charge on any atom is 0.307 e. The van der Waals surface area contributed by atoms with E-state index in [-0.39, 0.29) is 11.8 Å². The third kappa shape index (κ3) is 3.83. The van der Waals surface area contributed by atoms with Gasteiger partial charge in [-0.2, -0.15) is 0 Å². The standard InChI is InChI=1S/C15H23NO3/c1-10(2)5-11-6-13(19-9-11)7-14(15(17)18)12-3-4-16-8-12/h6,9-10,12,14,16H,3-5,7-8H2,1-2H3,(H,17,18)/t12-,14+/m1/s1. The van der Waals surface area contributed by atoms with E-state index < -0.39 is 5.97 Å². The monoisotopic (exact) mass is 265 g/mol. The summed E-state index contributed by atoms with van der Waals surface area (Å²) in [4.78, 5) is 11.4. The van der Waals surface area contributed by atoms with Gasteiger partial charge in [-0.15, -0.1) is 0 Å². The zero-order chi connectivity index (χ0) is 13.8. The van der Waals surface area contributed by atoms with Gasteiger partial charge in [-0.05, 0) is 49.4 Å². The molecule has 1 aromatic rings. The number of carboxylic acid groups (broad SMARTS) is 1. The van der Waals surface area contributed by atoms with Crippen LogP contribution in [0.5, 0.6) is 0 Å². The van der Waals surface area contributed by atoms with E-state index in [1.54, 1.807) is 6.26 Å². The number of carboxylic acids is 1. The first-order valence-electron chi connectivity index (χ1n) is 7.06. The van der Waals surface area contributed by atoms with E-state index in [4.69, 9.17) is 4.42 Å². The Bertz CT molecular complexity index is 419. The van der Waals surface area contributed by atoms with E-state index in [0.29, 0.717) is 12.3 Å². The second kappa shape index (κ2) is 6.24. The first kappa shape index (κ1) is 14.1. The molecule has 2 atom stereocenters. The van der Waals surface area contributed by atoms with Crippen LogP contribution in [-0.4, -0.2) is 24.2 Å². The molecule has 106 valence electrons. The van der Waals surface area contributed by atoms with Gasteiger partial charge in [0.05, 0.1) is 12.2 Å². The first-order valence-corrected chi connectivity index (χ1v) is 7.06. The van der Waals surface area contributed by atoms with E-state index in [1.165, 1.54) is 5.56 Å². The fourth-order valence-electron chi connectivity index (χ4n) is 2.80. The Morgan fingerprint density at radius 2 is 2.32 bits per heavy atom. The third-order valence-corrected chi connectivity index (χ3v) is 3.76. The van der Waals surface area contributed by atoms with Crippen molar-refractivity contribution in [2.75, 3.05) is 13.1 Å². The largest absolute Gasteiger partial charge is 0.481 e. The lowest BCUT2D eigenvalue weighted by Gasteiger charge is -2.17. The predicted octanol–water partition coefficient (Wildman–Crippen LogP) is 2.33. The zero-order valence-corrected chi connectivity index (χ0v) is 11.7. The number of hydrogen-bond donors (Lipinski definition) is 2. The summed E-state index contributed by atoms with van der Waals surface area (Å²) in [5.41, 5.74) is 1.17. The van der Waals surface area contributed by atoms with Gasteiger partial charge in [-0.25, -0.2) is 0 Å². The Kier molecular flexibility index (Phi) is 4.64. The van der Waals surface area contributed by atoms with E-state index >= 15 is 0 Å². The van der Waals surface area contributed by atoms with Gasteiger partial charge < -0.3 is 14.8 Å². The molecule has 0 bridgehead atoms. The van der Waals surface area contributed by atoms with Gasteiger partial charge in [-0.3, -0.25) is 4.79 Å². The minimum Gasteiger partial charge on any atom is -0.481 e. The van der Waals surface area contributed by atoms with Crippen molar-refractivity contribution in [1.82, 2.24) is 5.32 Å². The summed E-state index contributed by atoms with van der Waals surface area (Å²) in [6, 6.07) is 2.01. The summed E-state index contributed by atoms with van der Waals surface area (Å²) in [6.07, 6.45) is 4.18. The van der Waals surface area contributed by atoms with Crippen LogP contribution in [0.3, 0.4) is 0 Å². The van der Waals surface area contributed by atoms with Crippen LogP contribution in [-0.2, 0) is 17.6 Å². The van der Waals surface area contributed by atoms with Crippen molar-refractivity contribution in [3.05, 3.63) is 23.7 Å². The van der Waals surface area contributed by atoms with E-state index in [9.17, 15) is 9.90 Å². The molecular weight excluding hydrogens is 242 g/mol. The molecule has 0 saturated carbocycles. The molecule has 19 heavy (non-hydrogen) atoms. The smallest absolute Gasteiger partial charge is 0.307 e. The number of aliphatic carboxylic acids is 1. The number of furan rings is 1. The van der Waals surface area contributed by atoms with Crippen LogP contribution in [0.25, 0.3) is 0 Å². The van der Waals surface area contributed by atoms with Gasteiger partial charge in [0.1, 0.15) is 5.76 Å². The van der Waals surface area contributed by atoms with Crippen molar-refractivity contribution in [2.24, 2.45) is 17.8 Å². The second-order valence-corrected chi connectivity index (χ2v) is 5.92. The number of rotatable bonds is 6. The Morgan fingerprint density at radius 1 is 1.53 bits per heavy atom. The average Bonchev–Trinajstić information content (AvgIpc) is 2.95. The van der Waals surface area contributed by atoms with E-state index in [0.717, 1.165) is 31.7 Å². The molecule has 1 saturated heterocycles. The van der Waals surface area contributed by atoms with Gasteiger partial charge in [0.2, 0.25) is 0 Å². The van der Waals surface area contributed by atoms with Crippen LogP contribution in [0.2, 0.25) is 0 Å². The summed E-state index contributed by atoms with van der Waals surface area (Å²) in [7, 11) is 0. The lowest BCUT2D eigenvalue weighted by atomic mass is 9.88. The van der Waals surface area contributed by atoms with Gasteiger partial charge in [-0.1, -0.05) is 13.8 Å². The molecule has 2 N–H and O–H groups in total. The zero-order valence-electron chi connectivity index (χ0n) is 11.7. The van der Waals surface area contributed by atoms with Crippen molar-refractivity contribution in [1.29, 1.82) is 0 Å². The Morgan fingerprint density at radius 3 is 2.89 bits per heavy atom. The molecule has 0 aromatic carbocycles. The molecule has 4 nitrogen and oxygen atoms in total. The summed E-state index contributed by atoms with van der Waals surface area (Å²) in [5.74, 6) is 0.550. The quantitative estimate of drug-likeness (QED) is 0.828. The summed E-state index contributed by atoms with van der Waals surface area (Å²) < 4.78 is 5.52. The van der Waals surface area contributed by atoms with Crippen molar-refractivity contribution in [3.63, 3.8) is 0 Å². The van der Waals surface area contributed by atoms with Crippen molar-refractivity contribution in [3.8, 4) is 0 Å². The highest BCUT2D eigenvalue weighted by atomic mass is 16.4.